The van der Waals surface area contributed by atoms with Crippen LogP contribution in [-0.2, 0) is 116 Å². The summed E-state index contributed by atoms with van der Waals surface area (Å²) in [6, 6.07) is 3.33. The Labute approximate surface area is 802 Å². The van der Waals surface area contributed by atoms with Crippen LogP contribution in [0.5, 0.6) is 0 Å². The lowest BCUT2D eigenvalue weighted by molar-refractivity contribution is -0.392. The lowest BCUT2D eigenvalue weighted by atomic mass is 9.33. The molecule has 52 atom stereocenters. The number of carbonyl (C=O) groups excluding carboxylic acids is 4. The third-order valence-corrected chi connectivity index (χ3v) is 32.7. The van der Waals surface area contributed by atoms with E-state index in [1.807, 2.05) is 6.92 Å². The predicted molar refractivity (Wildman–Crippen MR) is 456 cm³/mol. The molecule has 9 saturated heterocycles. The summed E-state index contributed by atoms with van der Waals surface area (Å²) < 4.78 is 118. The molecule has 0 bridgehead atoms. The molecule has 23 N–H and O–H groups in total. The highest BCUT2D eigenvalue weighted by atomic mass is 16.8. The number of ether oxygens (including phenoxy) is 19. The number of hydrogen-bond donors (Lipinski definition) is 23. The number of aromatic nitrogens is 4. The van der Waals surface area contributed by atoms with Gasteiger partial charge in [0.1, 0.15) is 177 Å². The van der Waals surface area contributed by atoms with Gasteiger partial charge in [0.2, 0.25) is 6.29 Å². The van der Waals surface area contributed by atoms with Crippen molar-refractivity contribution in [3.05, 3.63) is 30.0 Å². The predicted octanol–water partition coefficient (Wildman–Crippen LogP) is -9.23. The molecular weight excluding hydrogens is 1870 g/mol. The largest absolute Gasteiger partial charge is 0.457 e. The van der Waals surface area contributed by atoms with Crippen molar-refractivity contribution in [1.29, 1.82) is 0 Å². The highest BCUT2D eigenvalue weighted by molar-refractivity contribution is 5.82. The van der Waals surface area contributed by atoms with E-state index in [0.717, 1.165) is 18.8 Å². The first kappa shape index (κ1) is 108. The zero-order chi connectivity index (χ0) is 101. The molecule has 0 spiro atoms. The summed E-state index contributed by atoms with van der Waals surface area (Å²) in [6.07, 6.45) is -73.7. The maximum Gasteiger partial charge on any atom is 0.340 e. The summed E-state index contributed by atoms with van der Waals surface area (Å²) in [6.45, 7) is 13.3. The van der Waals surface area contributed by atoms with Gasteiger partial charge in [0.05, 0.1) is 69.4 Å². The van der Waals surface area contributed by atoms with Crippen molar-refractivity contribution in [2.75, 3.05) is 39.6 Å². The van der Waals surface area contributed by atoms with Crippen molar-refractivity contribution in [2.24, 2.45) is 50.7 Å². The van der Waals surface area contributed by atoms with Gasteiger partial charge in [-0.2, -0.15) is 0 Å². The van der Waals surface area contributed by atoms with E-state index in [0.29, 0.717) is 36.8 Å². The maximum absolute atomic E-state index is 16.5. The molecule has 46 unspecified atom stereocenters. The first-order valence-electron chi connectivity index (χ1n) is 47.9. The second-order valence-corrected chi connectivity index (χ2v) is 42.0. The zero-order valence-corrected chi connectivity index (χ0v) is 78.9. The highest BCUT2D eigenvalue weighted by Crippen LogP contribution is 2.76. The first-order valence-corrected chi connectivity index (χ1v) is 47.9. The van der Waals surface area contributed by atoms with Gasteiger partial charge in [-0.25, -0.2) is 14.5 Å². The number of nitrogens with zero attached hydrogens (tertiary/aromatic N) is 4. The number of aliphatic hydroxyl groups excluding tert-OH is 21. The van der Waals surface area contributed by atoms with Crippen LogP contribution in [0.15, 0.2) is 30.0 Å². The van der Waals surface area contributed by atoms with Gasteiger partial charge >= 0.3 is 11.9 Å². The van der Waals surface area contributed by atoms with Gasteiger partial charge in [0.15, 0.2) is 79.9 Å². The van der Waals surface area contributed by atoms with Crippen molar-refractivity contribution in [1.82, 2.24) is 25.3 Å². The molecule has 4 saturated carbocycles. The number of nitrogens with one attached hydrogen (secondary N) is 1. The van der Waals surface area contributed by atoms with E-state index >= 15 is 4.79 Å². The SMILES string of the molecule is CC(=O)OC1C(C)OC(OC2C(C)OC(OC(=O)[C@@]3(O)C[C@]4(C)C(=CCC5[C@@]6(C)CC[C@H](OC7OC(C(=O)NCCn8nnc9cccnc98)C(O)C(OC8OCC(O)C(O)C8O)C7OC7OC(CO)C(O)C(O)C7O)[C@@](C)(C=O)C6CC[C@]54C)C4CC(C)(C)CCC43)C(OC3OC(C)C(OC4OCC(O)C(OC5OC(CO)C(O)C(O)C5O)C4O)C(O)C3O)C2O)C(O)C1OC1OCC(O)C(O)C1O. The van der Waals surface area contributed by atoms with Crippen LogP contribution in [0, 0.1) is 50.7 Å². The van der Waals surface area contributed by atoms with Crippen LogP contribution in [-0.4, -0.2) is 466 Å². The van der Waals surface area contributed by atoms with Crippen LogP contribution in [0.3, 0.4) is 0 Å². The molecule has 2 aromatic rings. The molecule has 0 radical (unpaired) electrons. The van der Waals surface area contributed by atoms with Crippen molar-refractivity contribution in [3.63, 3.8) is 0 Å². The molecule has 50 nitrogen and oxygen atoms in total. The van der Waals surface area contributed by atoms with Crippen LogP contribution >= 0.6 is 0 Å². The molecule has 792 valence electrons. The number of esters is 2. The molecule has 0 aromatic carbocycles. The van der Waals surface area contributed by atoms with Crippen molar-refractivity contribution >= 4 is 35.3 Å². The van der Waals surface area contributed by atoms with Crippen LogP contribution in [0.1, 0.15) is 127 Å². The summed E-state index contributed by atoms with van der Waals surface area (Å²) in [5.41, 5.74) is -5.62. The van der Waals surface area contributed by atoms with E-state index in [2.05, 4.69) is 54.4 Å². The fourth-order valence-corrected chi connectivity index (χ4v) is 24.7. The fraction of sp³-hybridized carbons (Fsp3) is 0.878. The number of hydrogen-bond acceptors (Lipinski definition) is 48. The molecule has 5 aliphatic carbocycles. The van der Waals surface area contributed by atoms with Crippen molar-refractivity contribution < 1.29 is 222 Å². The summed E-state index contributed by atoms with van der Waals surface area (Å²) in [5.74, 6) is -5.62. The van der Waals surface area contributed by atoms with Gasteiger partial charge in [-0.05, 0) is 130 Å². The van der Waals surface area contributed by atoms with E-state index in [9.17, 15) is 127 Å². The third kappa shape index (κ3) is 19.7. The van der Waals surface area contributed by atoms with Crippen molar-refractivity contribution in [2.45, 2.75) is 403 Å². The molecule has 140 heavy (non-hydrogen) atoms. The van der Waals surface area contributed by atoms with Gasteiger partial charge in [-0.3, -0.25) is 9.59 Å². The van der Waals surface area contributed by atoms with Crippen LogP contribution in [0.4, 0.5) is 0 Å². The van der Waals surface area contributed by atoms with E-state index in [1.54, 1.807) is 19.1 Å². The van der Waals surface area contributed by atoms with Gasteiger partial charge in [0.25, 0.3) is 5.91 Å². The molecule has 14 aliphatic rings. The number of pyridine rings is 1. The van der Waals surface area contributed by atoms with Gasteiger partial charge in [-0.15, -0.1) is 5.10 Å². The van der Waals surface area contributed by atoms with Crippen LogP contribution in [0.25, 0.3) is 11.2 Å². The monoisotopic (exact) mass is 2010 g/mol. The zero-order valence-electron chi connectivity index (χ0n) is 78.9. The topological polar surface area (TPSA) is 744 Å². The molecule has 2 aromatic heterocycles. The smallest absolute Gasteiger partial charge is 0.340 e. The summed E-state index contributed by atoms with van der Waals surface area (Å²) >= 11 is 0. The van der Waals surface area contributed by atoms with Crippen molar-refractivity contribution in [3.8, 4) is 0 Å². The van der Waals surface area contributed by atoms with Crippen LogP contribution in [0.2, 0.25) is 0 Å². The Balaban J connectivity index is 0.687. The Kier molecular flexibility index (Phi) is 32.3. The number of fused-ring (bicyclic) bond motifs is 8. The number of aliphatic hydroxyl groups is 22. The summed E-state index contributed by atoms with van der Waals surface area (Å²) in [7, 11) is 0. The van der Waals surface area contributed by atoms with E-state index in [4.69, 9.17) is 90.0 Å². The van der Waals surface area contributed by atoms with E-state index < -0.39 is 371 Å². The maximum atomic E-state index is 16.5. The lowest BCUT2D eigenvalue weighted by Gasteiger charge is -2.71. The Morgan fingerprint density at radius 1 is 0.500 bits per heavy atom. The number of rotatable bonds is 26. The second kappa shape index (κ2) is 42.1. The Bertz CT molecular complexity index is 4610. The molecule has 13 fully saturated rings. The molecule has 50 heteroatoms. The van der Waals surface area contributed by atoms with Crippen LogP contribution < -0.4 is 5.32 Å². The number of carbonyl (C=O) groups is 4. The molecule has 1 amide bonds. The molecule has 9 aliphatic heterocycles. The first-order chi connectivity index (χ1) is 66.1. The summed E-state index contributed by atoms with van der Waals surface area (Å²) in [5, 5.41) is 261. The van der Waals surface area contributed by atoms with E-state index in [-0.39, 0.29) is 45.2 Å². The number of amides is 1. The van der Waals surface area contributed by atoms with Gasteiger partial charge in [0, 0.05) is 25.6 Å². The second-order valence-electron chi connectivity index (χ2n) is 42.0. The Morgan fingerprint density at radius 2 is 1.01 bits per heavy atom. The Hall–Kier alpha value is -5.19. The average Bonchev–Trinajstić information content (AvgIpc) is 0.701. The Morgan fingerprint density at radius 3 is 1.61 bits per heavy atom. The van der Waals surface area contributed by atoms with Gasteiger partial charge in [-0.1, -0.05) is 58.4 Å². The normalized spacial score (nSPS) is 50.9. The van der Waals surface area contributed by atoms with Gasteiger partial charge < -0.3 is 212 Å². The minimum absolute atomic E-state index is 0.0121. The minimum atomic E-state index is -2.48. The average molecular weight is 2010 g/mol. The summed E-state index contributed by atoms with van der Waals surface area (Å²) in [4.78, 5) is 63.1. The standard InChI is InChI=1S/C90H137N5O45/c1-32-64(132-77-62(117)67(42(102)29-124-77)134-79-57(112)52(107)50(105)43(25-96)129-79)54(109)59(114)78(125-32)138-71-60(115)65(133-81-63(118)69(66(34(3)126-81)128-35(4)99)136-76-56(111)49(104)41(101)28-123-76)33(2)127-82(71)140-84(120)90(121)30-89(10)37(36-24-85(5,6)18-15-38(36)90)13-14-46-86(7)19-17-47(87(8,31-98)45(86)16-20-88(46,89)9)131-83-72(139-80-58(113)53(108)51(106)44(26-97)130-80)68(135-75-55(110)48(103)40(100)27-122-75)61(116)70(137-83)74(119)92-22-23-95-73-39(93-94-95)12-11-21-91-73/h11-13,21,31-34,36,38,40-72,75-83,96-97,100-118,121H,14-20,22-30H2,1-10H3,(H,92,119)/t32?,33?,34?,36?,38?,40?,41?,42?,43?,44?,45?,46?,47-,48?,49?,50?,51?,52?,53?,54?,55?,56?,57?,58?,59?,60?,61?,62?,63?,64?,65?,66?,67?,68?,69?,70?,71?,72?,75?,76?,77?,78?,79?,80?,81?,82?,83?,86-,87-,88+,89+,90+/m0/s1. The molecular formula is C90H137N5O45. The van der Waals surface area contributed by atoms with E-state index in [1.165, 1.54) is 31.6 Å². The third-order valence-electron chi connectivity index (χ3n) is 32.7. The molecule has 16 rings (SSSR count). The minimum Gasteiger partial charge on any atom is -0.457 e. The number of allylic oxidation sites excluding steroid dienone is 2. The fourth-order valence-electron chi connectivity index (χ4n) is 24.7. The number of aldehydes is 1. The highest BCUT2D eigenvalue weighted by Gasteiger charge is 2.74. The molecule has 11 heterocycles. The lowest BCUT2D eigenvalue weighted by Crippen LogP contribution is -2.70. The quantitative estimate of drug-likeness (QED) is 0.0180.